The Morgan fingerprint density at radius 2 is 1.68 bits per heavy atom. The van der Waals surface area contributed by atoms with Gasteiger partial charge in [0.05, 0.1) is 21.3 Å². The van der Waals surface area contributed by atoms with E-state index in [1.807, 2.05) is 12.2 Å². The topological polar surface area (TPSA) is 66.4 Å². The van der Waals surface area contributed by atoms with E-state index in [2.05, 4.69) is 5.32 Å². The van der Waals surface area contributed by atoms with Crippen molar-refractivity contribution in [3.63, 3.8) is 0 Å². The summed E-state index contributed by atoms with van der Waals surface area (Å²) >= 11 is 11.9. The van der Waals surface area contributed by atoms with Gasteiger partial charge in [0.15, 0.2) is 0 Å². The number of allylic oxidation sites excluding steroid dienone is 2. The molecule has 0 aliphatic heterocycles. The summed E-state index contributed by atoms with van der Waals surface area (Å²) in [6, 6.07) is 2.52. The number of benzene rings is 1. The fraction of sp³-hybridized carbons (Fsp3) is 0.231. The summed E-state index contributed by atoms with van der Waals surface area (Å²) in [6.45, 7) is 0. The Morgan fingerprint density at radius 1 is 1.16 bits per heavy atom. The number of halogens is 2. The molecule has 2 rings (SSSR count). The molecule has 1 aliphatic rings. The van der Waals surface area contributed by atoms with Crippen molar-refractivity contribution in [2.24, 2.45) is 5.92 Å². The molecule has 19 heavy (non-hydrogen) atoms. The van der Waals surface area contributed by atoms with E-state index in [0.717, 1.165) is 0 Å². The van der Waals surface area contributed by atoms with E-state index in [0.29, 0.717) is 12.8 Å². The molecular weight excluding hydrogens is 289 g/mol. The summed E-state index contributed by atoms with van der Waals surface area (Å²) in [5.74, 6) is -1.41. The molecule has 4 nitrogen and oxygen atoms in total. The van der Waals surface area contributed by atoms with Crippen LogP contribution in [-0.2, 0) is 4.79 Å². The molecule has 0 radical (unpaired) electrons. The van der Waals surface area contributed by atoms with Gasteiger partial charge in [-0.25, -0.2) is 4.79 Å². The van der Waals surface area contributed by atoms with E-state index in [1.54, 1.807) is 0 Å². The lowest BCUT2D eigenvalue weighted by Gasteiger charge is -2.13. The van der Waals surface area contributed by atoms with E-state index < -0.39 is 5.97 Å². The Kier molecular flexibility index (Phi) is 4.12. The van der Waals surface area contributed by atoms with E-state index >= 15 is 0 Å². The summed E-state index contributed by atoms with van der Waals surface area (Å²) in [5.41, 5.74) is 0.237. The van der Waals surface area contributed by atoms with Gasteiger partial charge >= 0.3 is 5.97 Å². The lowest BCUT2D eigenvalue weighted by molar-refractivity contribution is -0.119. The van der Waals surface area contributed by atoms with Crippen LogP contribution < -0.4 is 5.32 Å². The summed E-state index contributed by atoms with van der Waals surface area (Å²) in [7, 11) is 0. The standard InChI is InChI=1S/C13H11Cl2NO3/c14-9-5-8(13(18)19)6-10(15)11(9)16-12(17)7-3-1-2-4-7/h1-2,5-7H,3-4H2,(H,16,17)(H,18,19). The minimum Gasteiger partial charge on any atom is -0.478 e. The molecule has 0 atom stereocenters. The molecule has 0 bridgehead atoms. The first-order valence-corrected chi connectivity index (χ1v) is 6.43. The highest BCUT2D eigenvalue weighted by molar-refractivity contribution is 6.40. The molecule has 6 heteroatoms. The number of carboxylic acid groups (broad SMARTS) is 1. The predicted octanol–water partition coefficient (Wildman–Crippen LogP) is 3.60. The quantitative estimate of drug-likeness (QED) is 0.838. The number of rotatable bonds is 3. The van der Waals surface area contributed by atoms with Crippen LogP contribution in [0.3, 0.4) is 0 Å². The molecule has 1 aliphatic carbocycles. The van der Waals surface area contributed by atoms with Gasteiger partial charge in [-0.3, -0.25) is 4.79 Å². The first-order valence-electron chi connectivity index (χ1n) is 5.67. The van der Waals surface area contributed by atoms with Gasteiger partial charge < -0.3 is 10.4 Å². The summed E-state index contributed by atoms with van der Waals surface area (Å²) < 4.78 is 0. The molecule has 1 amide bonds. The van der Waals surface area contributed by atoms with Crippen molar-refractivity contribution in [2.75, 3.05) is 5.32 Å². The number of aromatic carboxylic acids is 1. The average Bonchev–Trinajstić information content (AvgIpc) is 2.86. The second kappa shape index (κ2) is 5.63. The maximum Gasteiger partial charge on any atom is 0.335 e. The van der Waals surface area contributed by atoms with E-state index in [4.69, 9.17) is 28.3 Å². The smallest absolute Gasteiger partial charge is 0.335 e. The van der Waals surface area contributed by atoms with Crippen LogP contribution in [-0.4, -0.2) is 17.0 Å². The van der Waals surface area contributed by atoms with Crippen molar-refractivity contribution in [1.29, 1.82) is 0 Å². The number of hydrogen-bond acceptors (Lipinski definition) is 2. The summed E-state index contributed by atoms with van der Waals surface area (Å²) in [6.07, 6.45) is 5.27. The van der Waals surface area contributed by atoms with Crippen molar-refractivity contribution >= 4 is 40.8 Å². The number of nitrogens with one attached hydrogen (secondary N) is 1. The van der Waals surface area contributed by atoms with Crippen LogP contribution in [0.1, 0.15) is 23.2 Å². The monoisotopic (exact) mass is 299 g/mol. The normalized spacial score (nSPS) is 14.6. The highest BCUT2D eigenvalue weighted by atomic mass is 35.5. The third-order valence-corrected chi connectivity index (χ3v) is 3.51. The third-order valence-electron chi connectivity index (χ3n) is 2.92. The Morgan fingerprint density at radius 3 is 2.16 bits per heavy atom. The molecule has 1 aromatic carbocycles. The van der Waals surface area contributed by atoms with Crippen LogP contribution in [0, 0.1) is 5.92 Å². The average molecular weight is 300 g/mol. The predicted molar refractivity (Wildman–Crippen MR) is 73.9 cm³/mol. The molecule has 0 fully saturated rings. The van der Waals surface area contributed by atoms with Crippen LogP contribution in [0.2, 0.25) is 10.0 Å². The molecule has 0 aromatic heterocycles. The number of carbonyl (C=O) groups is 2. The van der Waals surface area contributed by atoms with E-state index in [1.165, 1.54) is 12.1 Å². The molecule has 0 heterocycles. The van der Waals surface area contributed by atoms with Gasteiger partial charge in [0, 0.05) is 5.92 Å². The molecule has 0 spiro atoms. The van der Waals surface area contributed by atoms with Crippen LogP contribution >= 0.6 is 23.2 Å². The summed E-state index contributed by atoms with van der Waals surface area (Å²) in [5, 5.41) is 11.7. The van der Waals surface area contributed by atoms with Gasteiger partial charge in [-0.1, -0.05) is 35.4 Å². The molecular formula is C13H11Cl2NO3. The first kappa shape index (κ1) is 13.9. The fourth-order valence-corrected chi connectivity index (χ4v) is 2.45. The van der Waals surface area contributed by atoms with Gasteiger partial charge in [0.1, 0.15) is 0 Å². The third kappa shape index (κ3) is 3.08. The number of anilines is 1. The van der Waals surface area contributed by atoms with Crippen LogP contribution in [0.15, 0.2) is 24.3 Å². The Bertz CT molecular complexity index is 538. The lowest BCUT2D eigenvalue weighted by Crippen LogP contribution is -2.21. The van der Waals surface area contributed by atoms with Crippen LogP contribution in [0.4, 0.5) is 5.69 Å². The zero-order valence-corrected chi connectivity index (χ0v) is 11.3. The largest absolute Gasteiger partial charge is 0.478 e. The molecule has 2 N–H and O–H groups in total. The highest BCUT2D eigenvalue weighted by Crippen LogP contribution is 2.33. The van der Waals surface area contributed by atoms with Crippen molar-refractivity contribution < 1.29 is 14.7 Å². The SMILES string of the molecule is O=C(O)c1cc(Cl)c(NC(=O)C2CC=CC2)c(Cl)c1. The Hall–Kier alpha value is -1.52. The zero-order valence-electron chi connectivity index (χ0n) is 9.82. The number of carboxylic acids is 1. The van der Waals surface area contributed by atoms with Crippen LogP contribution in [0.5, 0.6) is 0 Å². The van der Waals surface area contributed by atoms with Gasteiger partial charge in [0.2, 0.25) is 5.91 Å². The maximum absolute atomic E-state index is 12.0. The molecule has 100 valence electrons. The minimum atomic E-state index is -1.12. The van der Waals surface area contributed by atoms with Crippen molar-refractivity contribution in [2.45, 2.75) is 12.8 Å². The number of amides is 1. The molecule has 0 saturated carbocycles. The highest BCUT2D eigenvalue weighted by Gasteiger charge is 2.21. The maximum atomic E-state index is 12.0. The zero-order chi connectivity index (χ0) is 14.0. The van der Waals surface area contributed by atoms with Gasteiger partial charge in [0.25, 0.3) is 0 Å². The van der Waals surface area contributed by atoms with E-state index in [9.17, 15) is 9.59 Å². The second-order valence-corrected chi connectivity index (χ2v) is 5.06. The second-order valence-electron chi connectivity index (χ2n) is 4.25. The van der Waals surface area contributed by atoms with Crippen LogP contribution in [0.25, 0.3) is 0 Å². The Labute approximate surface area is 120 Å². The molecule has 0 unspecified atom stereocenters. The fourth-order valence-electron chi connectivity index (χ4n) is 1.87. The van der Waals surface area contributed by atoms with Crippen molar-refractivity contribution in [3.8, 4) is 0 Å². The lowest BCUT2D eigenvalue weighted by atomic mass is 10.1. The van der Waals surface area contributed by atoms with Gasteiger partial charge in [-0.05, 0) is 25.0 Å². The molecule has 1 aromatic rings. The van der Waals surface area contributed by atoms with Crippen molar-refractivity contribution in [3.05, 3.63) is 39.9 Å². The number of carbonyl (C=O) groups excluding carboxylic acids is 1. The first-order chi connectivity index (χ1) is 8.99. The molecule has 0 saturated heterocycles. The summed E-state index contributed by atoms with van der Waals surface area (Å²) in [4.78, 5) is 22.8. The van der Waals surface area contributed by atoms with E-state index in [-0.39, 0.29) is 33.1 Å². The van der Waals surface area contributed by atoms with Gasteiger partial charge in [-0.15, -0.1) is 0 Å². The Balaban J connectivity index is 2.20. The van der Waals surface area contributed by atoms with Crippen molar-refractivity contribution in [1.82, 2.24) is 0 Å². The van der Waals surface area contributed by atoms with Gasteiger partial charge in [-0.2, -0.15) is 0 Å². The minimum absolute atomic E-state index is 0.0180. The number of hydrogen-bond donors (Lipinski definition) is 2.